The minimum absolute atomic E-state index is 0.336. The minimum Gasteiger partial charge on any atom is -0.495 e. The summed E-state index contributed by atoms with van der Waals surface area (Å²) in [6.45, 7) is 0. The first kappa shape index (κ1) is 11.5. The van der Waals surface area contributed by atoms with Crippen molar-refractivity contribution in [2.24, 2.45) is 0 Å². The first-order valence-corrected chi connectivity index (χ1v) is 6.45. The largest absolute Gasteiger partial charge is 0.495 e. The van der Waals surface area contributed by atoms with Gasteiger partial charge in [0.05, 0.1) is 7.11 Å². The van der Waals surface area contributed by atoms with Crippen LogP contribution in [-0.2, 0) is 0 Å². The van der Waals surface area contributed by atoms with E-state index in [0.717, 1.165) is 0 Å². The monoisotopic (exact) mass is 240 g/mol. The molecule has 0 aromatic carbocycles. The molecular formula is C12H16O3S. The molecule has 1 saturated carbocycles. The van der Waals surface area contributed by atoms with Crippen LogP contribution in [0.2, 0.25) is 0 Å². The summed E-state index contributed by atoms with van der Waals surface area (Å²) < 4.78 is 5.11. The summed E-state index contributed by atoms with van der Waals surface area (Å²) in [5, 5.41) is 9.04. The first-order chi connectivity index (χ1) is 7.72. The lowest BCUT2D eigenvalue weighted by atomic mass is 9.88. The summed E-state index contributed by atoms with van der Waals surface area (Å²) in [4.78, 5) is 12.5. The van der Waals surface area contributed by atoms with Crippen molar-refractivity contribution in [3.8, 4) is 5.75 Å². The maximum absolute atomic E-state index is 11.0. The van der Waals surface area contributed by atoms with E-state index in [-0.39, 0.29) is 0 Å². The van der Waals surface area contributed by atoms with E-state index in [1.807, 2.05) is 6.07 Å². The number of thiophene rings is 1. The van der Waals surface area contributed by atoms with Gasteiger partial charge in [-0.15, -0.1) is 11.3 Å². The van der Waals surface area contributed by atoms with Gasteiger partial charge >= 0.3 is 5.97 Å². The highest BCUT2D eigenvalue weighted by molar-refractivity contribution is 7.14. The van der Waals surface area contributed by atoms with Crippen LogP contribution in [-0.4, -0.2) is 18.2 Å². The van der Waals surface area contributed by atoms with Gasteiger partial charge in [0.15, 0.2) is 4.88 Å². The van der Waals surface area contributed by atoms with Crippen LogP contribution in [0.5, 0.6) is 5.75 Å². The van der Waals surface area contributed by atoms with Gasteiger partial charge in [0.1, 0.15) is 5.75 Å². The molecule has 0 spiro atoms. The molecule has 1 fully saturated rings. The van der Waals surface area contributed by atoms with Gasteiger partial charge < -0.3 is 9.84 Å². The number of aromatic carboxylic acids is 1. The van der Waals surface area contributed by atoms with Crippen molar-refractivity contribution in [1.82, 2.24) is 0 Å². The zero-order valence-electron chi connectivity index (χ0n) is 9.36. The Labute approximate surface area is 99.1 Å². The summed E-state index contributed by atoms with van der Waals surface area (Å²) >= 11 is 1.37. The van der Waals surface area contributed by atoms with E-state index in [4.69, 9.17) is 9.84 Å². The molecular weight excluding hydrogens is 224 g/mol. The van der Waals surface area contributed by atoms with E-state index in [1.54, 1.807) is 0 Å². The molecule has 0 unspecified atom stereocenters. The third-order valence-corrected chi connectivity index (χ3v) is 4.41. The molecule has 1 aromatic heterocycles. The van der Waals surface area contributed by atoms with E-state index in [2.05, 4.69) is 0 Å². The van der Waals surface area contributed by atoms with Crippen LogP contribution in [0.1, 0.15) is 52.6 Å². The molecule has 1 N–H and O–H groups in total. The van der Waals surface area contributed by atoms with Gasteiger partial charge in [0, 0.05) is 4.88 Å². The molecule has 4 heteroatoms. The summed E-state index contributed by atoms with van der Waals surface area (Å²) in [7, 11) is 1.53. The smallest absolute Gasteiger partial charge is 0.349 e. The maximum atomic E-state index is 11.0. The van der Waals surface area contributed by atoms with Crippen LogP contribution in [0, 0.1) is 0 Å². The quantitative estimate of drug-likeness (QED) is 0.879. The summed E-state index contributed by atoms with van der Waals surface area (Å²) in [6, 6.07) is 1.91. The SMILES string of the molecule is COc1cc(C2CCCCC2)sc1C(=O)O. The zero-order chi connectivity index (χ0) is 11.5. The van der Waals surface area contributed by atoms with Crippen molar-refractivity contribution in [2.45, 2.75) is 38.0 Å². The first-order valence-electron chi connectivity index (χ1n) is 5.63. The molecule has 0 atom stereocenters. The van der Waals surface area contributed by atoms with Crippen molar-refractivity contribution in [1.29, 1.82) is 0 Å². The number of carboxylic acid groups (broad SMARTS) is 1. The van der Waals surface area contributed by atoms with Gasteiger partial charge in [-0.1, -0.05) is 19.3 Å². The lowest BCUT2D eigenvalue weighted by molar-refractivity contribution is 0.0699. The Bertz CT molecular complexity index is 378. The van der Waals surface area contributed by atoms with Crippen molar-refractivity contribution >= 4 is 17.3 Å². The minimum atomic E-state index is -0.885. The lowest BCUT2D eigenvalue weighted by Crippen LogP contribution is -2.02. The predicted molar refractivity (Wildman–Crippen MR) is 63.7 cm³/mol. The van der Waals surface area contributed by atoms with E-state index in [9.17, 15) is 4.79 Å². The average Bonchev–Trinajstić information content (AvgIpc) is 2.74. The highest BCUT2D eigenvalue weighted by atomic mass is 32.1. The fourth-order valence-corrected chi connectivity index (χ4v) is 3.42. The van der Waals surface area contributed by atoms with Crippen molar-refractivity contribution in [3.05, 3.63) is 15.8 Å². The molecule has 0 amide bonds. The molecule has 16 heavy (non-hydrogen) atoms. The summed E-state index contributed by atoms with van der Waals surface area (Å²) in [6.07, 6.45) is 6.19. The molecule has 3 nitrogen and oxygen atoms in total. The van der Waals surface area contributed by atoms with Gasteiger partial charge in [-0.2, -0.15) is 0 Å². The molecule has 2 rings (SSSR count). The highest BCUT2D eigenvalue weighted by Gasteiger charge is 2.22. The summed E-state index contributed by atoms with van der Waals surface area (Å²) in [5.41, 5.74) is 0. The van der Waals surface area contributed by atoms with Crippen LogP contribution >= 0.6 is 11.3 Å². The van der Waals surface area contributed by atoms with E-state index >= 15 is 0 Å². The van der Waals surface area contributed by atoms with E-state index in [1.165, 1.54) is 55.4 Å². The lowest BCUT2D eigenvalue weighted by Gasteiger charge is -2.19. The Kier molecular flexibility index (Phi) is 3.49. The molecule has 88 valence electrons. The van der Waals surface area contributed by atoms with Crippen molar-refractivity contribution in [3.63, 3.8) is 0 Å². The summed E-state index contributed by atoms with van der Waals surface area (Å²) in [5.74, 6) is 0.169. The third-order valence-electron chi connectivity index (χ3n) is 3.14. The second-order valence-corrected chi connectivity index (χ2v) is 5.27. The number of rotatable bonds is 3. The Morgan fingerprint density at radius 2 is 2.12 bits per heavy atom. The normalized spacial score (nSPS) is 17.3. The predicted octanol–water partition coefficient (Wildman–Crippen LogP) is 3.50. The van der Waals surface area contributed by atoms with Crippen molar-refractivity contribution in [2.75, 3.05) is 7.11 Å². The van der Waals surface area contributed by atoms with Crippen LogP contribution in [0.4, 0.5) is 0 Å². The second kappa shape index (κ2) is 4.87. The van der Waals surface area contributed by atoms with Crippen molar-refractivity contribution < 1.29 is 14.6 Å². The third kappa shape index (κ3) is 2.21. The van der Waals surface area contributed by atoms with E-state index in [0.29, 0.717) is 16.5 Å². The Morgan fingerprint density at radius 3 is 2.62 bits per heavy atom. The van der Waals surface area contributed by atoms with Crippen LogP contribution in [0.25, 0.3) is 0 Å². The van der Waals surface area contributed by atoms with E-state index < -0.39 is 5.97 Å². The molecule has 1 aliphatic rings. The Balaban J connectivity index is 2.24. The molecule has 0 bridgehead atoms. The van der Waals surface area contributed by atoms with Gasteiger partial charge in [0.25, 0.3) is 0 Å². The number of methoxy groups -OCH3 is 1. The number of carbonyl (C=O) groups is 1. The molecule has 0 radical (unpaired) electrons. The molecule has 1 aliphatic carbocycles. The number of ether oxygens (including phenoxy) is 1. The Morgan fingerprint density at radius 1 is 1.44 bits per heavy atom. The number of hydrogen-bond acceptors (Lipinski definition) is 3. The molecule has 0 aliphatic heterocycles. The zero-order valence-corrected chi connectivity index (χ0v) is 10.2. The molecule has 1 aromatic rings. The molecule has 0 saturated heterocycles. The topological polar surface area (TPSA) is 46.5 Å². The van der Waals surface area contributed by atoms with Gasteiger partial charge in [0.2, 0.25) is 0 Å². The Hall–Kier alpha value is -1.03. The van der Waals surface area contributed by atoms with Gasteiger partial charge in [-0.05, 0) is 24.8 Å². The van der Waals surface area contributed by atoms with Crippen LogP contribution in [0.3, 0.4) is 0 Å². The fraction of sp³-hybridized carbons (Fsp3) is 0.583. The fourth-order valence-electron chi connectivity index (χ4n) is 2.28. The van der Waals surface area contributed by atoms with Gasteiger partial charge in [-0.3, -0.25) is 0 Å². The van der Waals surface area contributed by atoms with Gasteiger partial charge in [-0.25, -0.2) is 4.79 Å². The van der Waals surface area contributed by atoms with Crippen LogP contribution in [0.15, 0.2) is 6.07 Å². The average molecular weight is 240 g/mol. The molecule has 1 heterocycles. The number of hydrogen-bond donors (Lipinski definition) is 1. The number of carboxylic acids is 1. The highest BCUT2D eigenvalue weighted by Crippen LogP contribution is 2.40. The second-order valence-electron chi connectivity index (χ2n) is 4.19. The standard InChI is InChI=1S/C12H16O3S/c1-15-9-7-10(16-11(9)12(13)14)8-5-3-2-4-6-8/h7-8H,2-6H2,1H3,(H,13,14). The van der Waals surface area contributed by atoms with Crippen LogP contribution < -0.4 is 4.74 Å². The maximum Gasteiger partial charge on any atom is 0.349 e.